The summed E-state index contributed by atoms with van der Waals surface area (Å²) in [4.78, 5) is 0. The molecule has 10 aromatic carbocycles. The molecule has 8 fully saturated rings. The van der Waals surface area contributed by atoms with Gasteiger partial charge < -0.3 is 104 Å². The second kappa shape index (κ2) is 40.8. The maximum absolute atomic E-state index is 7.62. The minimum atomic E-state index is -1.24. The van der Waals surface area contributed by atoms with Gasteiger partial charge in [0.1, 0.15) is 97.7 Å². The van der Waals surface area contributed by atoms with Crippen molar-refractivity contribution in [3.8, 4) is 0 Å². The van der Waals surface area contributed by atoms with E-state index >= 15 is 0 Å². The van der Waals surface area contributed by atoms with Crippen LogP contribution in [0.2, 0.25) is 0 Å². The summed E-state index contributed by atoms with van der Waals surface area (Å²) in [6.45, 7) is 1.56. The Balaban J connectivity index is 0.687. The molecular weight excluding hydrogens is 1530 g/mol. The molecule has 624 valence electrons. The lowest BCUT2D eigenvalue weighted by molar-refractivity contribution is -0.413. The van der Waals surface area contributed by atoms with Gasteiger partial charge in [0.05, 0.1) is 79.3 Å². The normalized spacial score (nSPS) is 31.7. The Hall–Kier alpha value is -8.94. The first kappa shape index (κ1) is 82.0. The highest BCUT2D eigenvalue weighted by Crippen LogP contribution is 2.45. The van der Waals surface area contributed by atoms with Crippen molar-refractivity contribution in [1.29, 1.82) is 0 Å². The molecule has 0 radical (unpaired) electrons. The second-order valence-electron chi connectivity index (χ2n) is 30.8. The van der Waals surface area contributed by atoms with E-state index in [1.165, 1.54) is 0 Å². The Morgan fingerprint density at radius 3 is 0.658 bits per heavy atom. The third kappa shape index (κ3) is 20.4. The van der Waals surface area contributed by atoms with Gasteiger partial charge in [-0.3, -0.25) is 0 Å². The summed E-state index contributed by atoms with van der Waals surface area (Å²) in [5, 5.41) is 0. The molecule has 22 heteroatoms. The van der Waals surface area contributed by atoms with Crippen LogP contribution in [0.5, 0.6) is 0 Å². The topological polar surface area (TPSA) is 203 Å². The van der Waals surface area contributed by atoms with Crippen LogP contribution in [0.3, 0.4) is 0 Å². The standard InChI is InChI=1S/C98H100O22/c1-11-33-65(34-12-1)55-101-83-79-77(63-109-91(115-79)71-45-23-7-24-46-71)113-97(119-89-85(103-57-67-37-15-3-16-38-67)81-75(61-107-93(117-81)73-49-27-9-28-50-73)111-95(89)105-59-69-41-19-5-20-42-69)87(83)99-53-31-32-54-100-88-84(102-56-66-35-13-2-14-36-66)80-78(64-110-92(116-80)72-47-25-8-26-48-72)114-98(88)120-90-86(104-58-68-39-17-4-18-40-68)82-76(62-108-94(118-82)74-51-29-10-30-52-74)112-96(90)106-60-70-43-21-6-22-44-70/h1-52,75-98H,53-64H2/t75-,76?,77-,78?,79?,80-,81?,82-,83?,84?,85?,86?,87?,88?,89?,90?,91+,92+,93+,94-,95-,96-,97-,98-/m0/s1. The lowest BCUT2D eigenvalue weighted by atomic mass is 9.95. The SMILES string of the molecule is C(=CCOC1C(OCc2ccccc2)[C@H]2O[C@H](c3ccccc3)OCC2O[C@H]1OC1C(OCc2ccccc2)[C@H]2O[C@@H](c3ccccc3)OCC2O[C@@H]1OCc1ccccc1)COC1C(OCc2ccccc2)C2O[C@H](c3ccccc3)OC[C@@H]2O[C@H]1OC1C(OCc2ccccc2)C2O[C@H](c3ccccc3)OC[C@@H]2O[C@@H]1OCc1ccccc1. The summed E-state index contributed by atoms with van der Waals surface area (Å²) in [7, 11) is 0. The van der Waals surface area contributed by atoms with Crippen LogP contribution in [0.1, 0.15) is 80.8 Å². The molecule has 10 aromatic rings. The molecule has 22 nitrogen and oxygen atoms in total. The van der Waals surface area contributed by atoms with E-state index in [1.54, 1.807) is 0 Å². The first-order chi connectivity index (χ1) is 59.5. The third-order valence-corrected chi connectivity index (χ3v) is 22.6. The van der Waals surface area contributed by atoms with Crippen molar-refractivity contribution in [2.75, 3.05) is 39.6 Å². The van der Waals surface area contributed by atoms with Gasteiger partial charge in [0.15, 0.2) is 50.3 Å². The zero-order chi connectivity index (χ0) is 80.4. The molecule has 0 bridgehead atoms. The summed E-state index contributed by atoms with van der Waals surface area (Å²) in [5.41, 5.74) is 8.86. The maximum atomic E-state index is 7.62. The van der Waals surface area contributed by atoms with Crippen molar-refractivity contribution >= 4 is 0 Å². The van der Waals surface area contributed by atoms with E-state index < -0.39 is 148 Å². The fraction of sp³-hybridized carbons (Fsp3) is 0.367. The number of hydrogen-bond acceptors (Lipinski definition) is 22. The molecule has 12 unspecified atom stereocenters. The van der Waals surface area contributed by atoms with Crippen LogP contribution < -0.4 is 0 Å². The van der Waals surface area contributed by atoms with E-state index in [1.807, 2.05) is 315 Å². The summed E-state index contributed by atoms with van der Waals surface area (Å²) in [5.74, 6) is 0. The van der Waals surface area contributed by atoms with Crippen molar-refractivity contribution in [3.05, 3.63) is 371 Å². The molecule has 0 saturated carbocycles. The molecule has 0 amide bonds. The second-order valence-corrected chi connectivity index (χ2v) is 30.8. The van der Waals surface area contributed by atoms with Crippen LogP contribution in [0.25, 0.3) is 0 Å². The highest BCUT2D eigenvalue weighted by Gasteiger charge is 2.60. The van der Waals surface area contributed by atoms with Crippen molar-refractivity contribution < 1.29 is 104 Å². The molecule has 8 saturated heterocycles. The smallest absolute Gasteiger partial charge is 0.187 e. The van der Waals surface area contributed by atoms with Gasteiger partial charge in [-0.2, -0.15) is 0 Å². The molecule has 0 aromatic heterocycles. The highest BCUT2D eigenvalue weighted by molar-refractivity contribution is 5.24. The van der Waals surface area contributed by atoms with Crippen LogP contribution in [0, 0.1) is 0 Å². The van der Waals surface area contributed by atoms with Crippen molar-refractivity contribution in [1.82, 2.24) is 0 Å². The molecule has 8 aliphatic heterocycles. The van der Waals surface area contributed by atoms with Crippen molar-refractivity contribution in [3.63, 3.8) is 0 Å². The molecule has 8 heterocycles. The van der Waals surface area contributed by atoms with Crippen LogP contribution in [-0.4, -0.2) is 162 Å². The molecule has 18 rings (SSSR count). The van der Waals surface area contributed by atoms with Gasteiger partial charge in [0.2, 0.25) is 0 Å². The Morgan fingerprint density at radius 2 is 0.417 bits per heavy atom. The zero-order valence-corrected chi connectivity index (χ0v) is 66.3. The summed E-state index contributed by atoms with van der Waals surface area (Å²) in [6.07, 6.45) is -17.4. The van der Waals surface area contributed by atoms with E-state index in [9.17, 15) is 0 Å². The van der Waals surface area contributed by atoms with Gasteiger partial charge in [0, 0.05) is 22.3 Å². The minimum Gasteiger partial charge on any atom is -0.368 e. The first-order valence-electron chi connectivity index (χ1n) is 41.5. The van der Waals surface area contributed by atoms with Crippen LogP contribution >= 0.6 is 0 Å². The molecule has 0 spiro atoms. The summed E-state index contributed by atoms with van der Waals surface area (Å²) >= 11 is 0. The number of rotatable bonds is 32. The van der Waals surface area contributed by atoms with Gasteiger partial charge in [-0.05, 0) is 33.4 Å². The molecule has 0 aliphatic carbocycles. The van der Waals surface area contributed by atoms with Crippen LogP contribution in [-0.2, 0) is 144 Å². The maximum Gasteiger partial charge on any atom is 0.187 e. The largest absolute Gasteiger partial charge is 0.368 e. The summed E-state index contributed by atoms with van der Waals surface area (Å²) in [6, 6.07) is 99.1. The average molecular weight is 1630 g/mol. The molecule has 8 aliphatic rings. The van der Waals surface area contributed by atoms with Crippen LogP contribution in [0.15, 0.2) is 315 Å². The van der Waals surface area contributed by atoms with Crippen molar-refractivity contribution in [2.24, 2.45) is 0 Å². The monoisotopic (exact) mass is 1630 g/mol. The van der Waals surface area contributed by atoms with Gasteiger partial charge in [-0.1, -0.05) is 315 Å². The Morgan fingerprint density at radius 1 is 0.208 bits per heavy atom. The fourth-order valence-electron chi connectivity index (χ4n) is 16.5. The molecule has 120 heavy (non-hydrogen) atoms. The minimum absolute atomic E-state index is 0.0269. The third-order valence-electron chi connectivity index (χ3n) is 22.6. The lowest BCUT2D eigenvalue weighted by Gasteiger charge is -2.52. The van der Waals surface area contributed by atoms with Gasteiger partial charge in [-0.25, -0.2) is 0 Å². The fourth-order valence-corrected chi connectivity index (χ4v) is 16.5. The highest BCUT2D eigenvalue weighted by atomic mass is 16.8. The number of fused-ring (bicyclic) bond motifs is 4. The van der Waals surface area contributed by atoms with Crippen molar-refractivity contribution in [2.45, 2.75) is 188 Å². The predicted molar refractivity (Wildman–Crippen MR) is 436 cm³/mol. The summed E-state index contributed by atoms with van der Waals surface area (Å²) < 4.78 is 156. The predicted octanol–water partition coefficient (Wildman–Crippen LogP) is 15.2. The lowest BCUT2D eigenvalue weighted by Crippen LogP contribution is -2.68. The van der Waals surface area contributed by atoms with E-state index in [4.69, 9.17) is 104 Å². The zero-order valence-electron chi connectivity index (χ0n) is 66.3. The number of ether oxygens (including phenoxy) is 22. The Labute approximate surface area is 699 Å². The number of benzene rings is 10. The average Bonchev–Trinajstić information content (AvgIpc) is 0.766. The van der Waals surface area contributed by atoms with E-state index in [2.05, 4.69) is 0 Å². The van der Waals surface area contributed by atoms with Gasteiger partial charge in [0.25, 0.3) is 0 Å². The molecule has 0 N–H and O–H groups in total. The van der Waals surface area contributed by atoms with E-state index in [0.717, 1.165) is 55.6 Å². The van der Waals surface area contributed by atoms with E-state index in [-0.39, 0.29) is 79.3 Å². The Kier molecular flexibility index (Phi) is 27.9. The Bertz CT molecular complexity index is 4400. The first-order valence-corrected chi connectivity index (χ1v) is 41.5. The quantitative estimate of drug-likeness (QED) is 0.0360. The number of hydrogen-bond donors (Lipinski definition) is 0. The van der Waals surface area contributed by atoms with Crippen LogP contribution in [0.4, 0.5) is 0 Å². The van der Waals surface area contributed by atoms with Gasteiger partial charge >= 0.3 is 0 Å². The van der Waals surface area contributed by atoms with Gasteiger partial charge in [-0.15, -0.1) is 0 Å². The van der Waals surface area contributed by atoms with E-state index in [0.29, 0.717) is 0 Å². The molecule has 24 atom stereocenters. The molecular formula is C98H100O22.